The fourth-order valence-corrected chi connectivity index (χ4v) is 4.81. The Bertz CT molecular complexity index is 1700. The summed E-state index contributed by atoms with van der Waals surface area (Å²) in [6, 6.07) is 19.1. The number of carbonyl (C=O) groups excluding carboxylic acids is 1. The fourth-order valence-electron chi connectivity index (χ4n) is 4.51. The summed E-state index contributed by atoms with van der Waals surface area (Å²) in [4.78, 5) is 17.1. The molecule has 9 heteroatoms. The van der Waals surface area contributed by atoms with Gasteiger partial charge < -0.3 is 24.1 Å². The van der Waals surface area contributed by atoms with E-state index in [1.54, 1.807) is 45.6 Å². The Morgan fingerprint density at radius 2 is 1.64 bits per heavy atom. The second-order valence-corrected chi connectivity index (χ2v) is 9.47. The van der Waals surface area contributed by atoms with Crippen LogP contribution in [0, 0.1) is 0 Å². The van der Waals surface area contributed by atoms with E-state index in [1.807, 2.05) is 42.6 Å². The number of methoxy groups -OCH3 is 3. The maximum atomic E-state index is 12.5. The zero-order valence-electron chi connectivity index (χ0n) is 21.5. The minimum Gasteiger partial charge on any atom is -0.493 e. The number of hydrogen-bond acceptors (Lipinski definition) is 5. The highest BCUT2D eigenvalue weighted by Crippen LogP contribution is 2.41. The number of amides is 1. The first-order valence-corrected chi connectivity index (χ1v) is 12.8. The van der Waals surface area contributed by atoms with Crippen LogP contribution in [0.15, 0.2) is 72.9 Å². The molecule has 0 radical (unpaired) electrons. The number of carbonyl (C=O) groups is 1. The summed E-state index contributed by atoms with van der Waals surface area (Å²) in [5.74, 6) is 1.38. The van der Waals surface area contributed by atoms with Gasteiger partial charge in [-0.05, 0) is 35.9 Å². The highest BCUT2D eigenvalue weighted by molar-refractivity contribution is 6.42. The molecule has 5 rings (SSSR count). The van der Waals surface area contributed by atoms with E-state index < -0.39 is 0 Å². The quantitative estimate of drug-likeness (QED) is 0.210. The van der Waals surface area contributed by atoms with Crippen molar-refractivity contribution in [1.82, 2.24) is 14.9 Å². The van der Waals surface area contributed by atoms with Crippen molar-refractivity contribution < 1.29 is 19.0 Å². The third kappa shape index (κ3) is 5.24. The SMILES string of the molecule is COc1cc(-n2c3ccccc3c3cc(CNC(=O)/C=C/c4ccc(Cl)c(Cl)c4)ncc32)cc(OC)c1OC. The Hall–Kier alpha value is -4.20. The number of aromatic nitrogens is 2. The van der Waals surface area contributed by atoms with Crippen molar-refractivity contribution in [1.29, 1.82) is 0 Å². The lowest BCUT2D eigenvalue weighted by Crippen LogP contribution is -2.20. The van der Waals surface area contributed by atoms with Crippen molar-refractivity contribution in [2.45, 2.75) is 6.54 Å². The predicted octanol–water partition coefficient (Wildman–Crippen LogP) is 6.84. The van der Waals surface area contributed by atoms with Crippen LogP contribution < -0.4 is 19.5 Å². The third-order valence-electron chi connectivity index (χ3n) is 6.34. The molecule has 5 aromatic rings. The molecule has 0 aliphatic rings. The molecular formula is C30H25Cl2N3O4. The minimum absolute atomic E-state index is 0.247. The number of para-hydroxylation sites is 1. The van der Waals surface area contributed by atoms with Crippen LogP contribution in [0.4, 0.5) is 0 Å². The van der Waals surface area contributed by atoms with Gasteiger partial charge in [0, 0.05) is 29.0 Å². The van der Waals surface area contributed by atoms with Gasteiger partial charge in [0.25, 0.3) is 0 Å². The van der Waals surface area contributed by atoms with E-state index in [4.69, 9.17) is 37.4 Å². The standard InChI is InChI=1S/C30H25Cl2N3O4/c1-37-27-14-20(15-28(38-2)30(27)39-3)35-25-7-5-4-6-21(25)22-13-19(33-17-26(22)35)16-34-29(36)11-9-18-8-10-23(31)24(32)12-18/h4-15,17H,16H2,1-3H3,(H,34,36)/b11-9+. The van der Waals surface area contributed by atoms with Crippen LogP contribution in [0.2, 0.25) is 10.0 Å². The maximum absolute atomic E-state index is 12.5. The van der Waals surface area contributed by atoms with Crippen LogP contribution in [0.25, 0.3) is 33.6 Å². The molecule has 0 bridgehead atoms. The number of nitrogens with one attached hydrogen (secondary N) is 1. The average Bonchev–Trinajstić information content (AvgIpc) is 3.29. The Morgan fingerprint density at radius 1 is 0.897 bits per heavy atom. The van der Waals surface area contributed by atoms with Crippen molar-refractivity contribution in [2.24, 2.45) is 0 Å². The second-order valence-electron chi connectivity index (χ2n) is 8.65. The maximum Gasteiger partial charge on any atom is 0.244 e. The van der Waals surface area contributed by atoms with E-state index in [2.05, 4.69) is 20.9 Å². The van der Waals surface area contributed by atoms with Crippen LogP contribution >= 0.6 is 23.2 Å². The van der Waals surface area contributed by atoms with Gasteiger partial charge in [-0.1, -0.05) is 47.5 Å². The molecule has 2 heterocycles. The van der Waals surface area contributed by atoms with Gasteiger partial charge >= 0.3 is 0 Å². The van der Waals surface area contributed by atoms with E-state index in [0.29, 0.717) is 27.3 Å². The molecule has 3 aromatic carbocycles. The summed E-state index contributed by atoms with van der Waals surface area (Å²) in [6.45, 7) is 0.268. The number of ether oxygens (including phenoxy) is 3. The van der Waals surface area contributed by atoms with Crippen molar-refractivity contribution in [2.75, 3.05) is 21.3 Å². The van der Waals surface area contributed by atoms with Gasteiger partial charge in [0.05, 0.1) is 66.5 Å². The van der Waals surface area contributed by atoms with Crippen molar-refractivity contribution in [3.63, 3.8) is 0 Å². The van der Waals surface area contributed by atoms with E-state index >= 15 is 0 Å². The Balaban J connectivity index is 1.47. The number of hydrogen-bond donors (Lipinski definition) is 1. The molecule has 0 atom stereocenters. The number of benzene rings is 3. The van der Waals surface area contributed by atoms with Crippen molar-refractivity contribution >= 4 is 57.0 Å². The second kappa shape index (κ2) is 11.3. The van der Waals surface area contributed by atoms with Crippen molar-refractivity contribution in [3.05, 3.63) is 94.2 Å². The van der Waals surface area contributed by atoms with Crippen LogP contribution in [0.3, 0.4) is 0 Å². The van der Waals surface area contributed by atoms with Crippen LogP contribution in [0.5, 0.6) is 17.2 Å². The molecule has 0 saturated heterocycles. The van der Waals surface area contributed by atoms with E-state index in [-0.39, 0.29) is 12.5 Å². The molecule has 1 amide bonds. The average molecular weight is 562 g/mol. The summed E-state index contributed by atoms with van der Waals surface area (Å²) >= 11 is 12.0. The number of rotatable bonds is 8. The first-order valence-electron chi connectivity index (χ1n) is 12.0. The van der Waals surface area contributed by atoms with E-state index in [9.17, 15) is 4.79 Å². The molecule has 39 heavy (non-hydrogen) atoms. The summed E-state index contributed by atoms with van der Waals surface area (Å²) in [5, 5.41) is 5.84. The zero-order valence-corrected chi connectivity index (χ0v) is 23.0. The normalized spacial score (nSPS) is 11.3. The number of pyridine rings is 1. The fraction of sp³-hybridized carbons (Fsp3) is 0.133. The number of halogens is 2. The molecule has 1 N–H and O–H groups in total. The molecular weight excluding hydrogens is 537 g/mol. The molecule has 0 aliphatic carbocycles. The topological polar surface area (TPSA) is 74.6 Å². The Morgan fingerprint density at radius 3 is 2.33 bits per heavy atom. The summed E-state index contributed by atoms with van der Waals surface area (Å²) in [6.07, 6.45) is 4.94. The summed E-state index contributed by atoms with van der Waals surface area (Å²) in [7, 11) is 4.76. The van der Waals surface area contributed by atoms with Gasteiger partial charge in [-0.3, -0.25) is 9.78 Å². The van der Waals surface area contributed by atoms with Crippen LogP contribution in [0.1, 0.15) is 11.3 Å². The van der Waals surface area contributed by atoms with E-state index in [0.717, 1.165) is 38.8 Å². The zero-order chi connectivity index (χ0) is 27.5. The molecule has 2 aromatic heterocycles. The predicted molar refractivity (Wildman–Crippen MR) is 156 cm³/mol. The van der Waals surface area contributed by atoms with E-state index in [1.165, 1.54) is 6.08 Å². The lowest BCUT2D eigenvalue weighted by Gasteiger charge is -2.16. The van der Waals surface area contributed by atoms with Gasteiger partial charge in [-0.2, -0.15) is 0 Å². The number of nitrogens with zero attached hydrogens (tertiary/aromatic N) is 2. The molecule has 0 aliphatic heterocycles. The highest BCUT2D eigenvalue weighted by Gasteiger charge is 2.18. The third-order valence-corrected chi connectivity index (χ3v) is 7.08. The first kappa shape index (κ1) is 26.4. The Kier molecular flexibility index (Phi) is 7.63. The van der Waals surface area contributed by atoms with Gasteiger partial charge in [0.2, 0.25) is 11.7 Å². The molecule has 0 fully saturated rings. The smallest absolute Gasteiger partial charge is 0.244 e. The van der Waals surface area contributed by atoms with Gasteiger partial charge in [0.15, 0.2) is 11.5 Å². The van der Waals surface area contributed by atoms with Gasteiger partial charge in [-0.25, -0.2) is 0 Å². The monoisotopic (exact) mass is 561 g/mol. The first-order chi connectivity index (χ1) is 18.9. The van der Waals surface area contributed by atoms with Crippen molar-refractivity contribution in [3.8, 4) is 22.9 Å². The molecule has 0 saturated carbocycles. The minimum atomic E-state index is -0.247. The summed E-state index contributed by atoms with van der Waals surface area (Å²) in [5.41, 5.74) is 4.24. The van der Waals surface area contributed by atoms with Crippen LogP contribution in [-0.2, 0) is 11.3 Å². The summed E-state index contributed by atoms with van der Waals surface area (Å²) < 4.78 is 18.8. The number of fused-ring (bicyclic) bond motifs is 3. The largest absolute Gasteiger partial charge is 0.493 e. The molecule has 0 unspecified atom stereocenters. The highest BCUT2D eigenvalue weighted by atomic mass is 35.5. The molecule has 0 spiro atoms. The lowest BCUT2D eigenvalue weighted by molar-refractivity contribution is -0.116. The Labute approximate surface area is 235 Å². The van der Waals surface area contributed by atoms with Gasteiger partial charge in [0.1, 0.15) is 0 Å². The van der Waals surface area contributed by atoms with Crippen LogP contribution in [-0.4, -0.2) is 36.8 Å². The van der Waals surface area contributed by atoms with Gasteiger partial charge in [-0.15, -0.1) is 0 Å². The lowest BCUT2D eigenvalue weighted by atomic mass is 10.1. The molecule has 7 nitrogen and oxygen atoms in total. The molecule has 198 valence electrons.